The third-order valence-electron chi connectivity index (χ3n) is 4.86. The lowest BCUT2D eigenvalue weighted by atomic mass is 9.87. The van der Waals surface area contributed by atoms with Gasteiger partial charge < -0.3 is 15.2 Å². The number of hydrogen-bond acceptors (Lipinski definition) is 6. The van der Waals surface area contributed by atoms with Crippen LogP contribution in [-0.4, -0.2) is 32.9 Å². The van der Waals surface area contributed by atoms with E-state index in [4.69, 9.17) is 4.74 Å². The van der Waals surface area contributed by atoms with Crippen molar-refractivity contribution in [3.05, 3.63) is 59.8 Å². The highest BCUT2D eigenvalue weighted by atomic mass is 32.1. The molecule has 0 fully saturated rings. The molecule has 0 bridgehead atoms. The second kappa shape index (κ2) is 6.35. The van der Waals surface area contributed by atoms with E-state index in [0.29, 0.717) is 17.4 Å². The molecule has 0 saturated carbocycles. The van der Waals surface area contributed by atoms with E-state index < -0.39 is 0 Å². The summed E-state index contributed by atoms with van der Waals surface area (Å²) in [5.41, 5.74) is 2.63. The average molecular weight is 392 g/mol. The zero-order valence-corrected chi connectivity index (χ0v) is 15.7. The van der Waals surface area contributed by atoms with Crippen LogP contribution in [-0.2, 0) is 4.79 Å². The highest BCUT2D eigenvalue weighted by Gasteiger charge is 2.31. The van der Waals surface area contributed by atoms with Gasteiger partial charge in [0.15, 0.2) is 0 Å². The summed E-state index contributed by atoms with van der Waals surface area (Å²) in [6.45, 7) is 0. The first kappa shape index (κ1) is 16.8. The Labute approximate surface area is 164 Å². The monoisotopic (exact) mass is 392 g/mol. The van der Waals surface area contributed by atoms with Crippen molar-refractivity contribution in [3.8, 4) is 16.6 Å². The van der Waals surface area contributed by atoms with Crippen molar-refractivity contribution in [3.63, 3.8) is 0 Å². The molecule has 8 heteroatoms. The lowest BCUT2D eigenvalue weighted by Crippen LogP contribution is -2.24. The molecule has 3 heterocycles. The molecular formula is C20H16N4O3S. The number of fused-ring (bicyclic) bond motifs is 2. The summed E-state index contributed by atoms with van der Waals surface area (Å²) in [6.07, 6.45) is 2.06. The Morgan fingerprint density at radius 3 is 3.00 bits per heavy atom. The van der Waals surface area contributed by atoms with Crippen LogP contribution in [0.1, 0.15) is 23.5 Å². The molecular weight excluding hydrogens is 376 g/mol. The molecule has 2 N–H and O–H groups in total. The molecule has 0 spiro atoms. The predicted molar refractivity (Wildman–Crippen MR) is 106 cm³/mol. The van der Waals surface area contributed by atoms with E-state index in [1.807, 2.05) is 24.3 Å². The summed E-state index contributed by atoms with van der Waals surface area (Å²) in [4.78, 5) is 17.0. The lowest BCUT2D eigenvalue weighted by molar-refractivity contribution is -0.116. The van der Waals surface area contributed by atoms with Crippen molar-refractivity contribution < 1.29 is 14.6 Å². The Hall–Kier alpha value is -3.39. The van der Waals surface area contributed by atoms with Crippen LogP contribution in [0.15, 0.2) is 48.7 Å². The second-order valence-corrected chi connectivity index (χ2v) is 7.60. The summed E-state index contributed by atoms with van der Waals surface area (Å²) < 4.78 is 7.92. The maximum Gasteiger partial charge on any atom is 0.226 e. The van der Waals surface area contributed by atoms with E-state index in [1.54, 1.807) is 36.2 Å². The van der Waals surface area contributed by atoms with Crippen LogP contribution in [0.2, 0.25) is 0 Å². The molecule has 0 radical (unpaired) electrons. The fraction of sp³-hybridized carbons (Fsp3) is 0.150. The molecule has 0 aliphatic carbocycles. The number of benzene rings is 2. The number of anilines is 1. The molecule has 0 saturated heterocycles. The SMILES string of the molecule is COc1ccc2nc(-n3ncc4c3NC(=O)C[C@@H]4c3cccc(O)c3)sc2c1. The summed E-state index contributed by atoms with van der Waals surface area (Å²) >= 11 is 1.48. The van der Waals surface area contributed by atoms with Crippen molar-refractivity contribution >= 4 is 33.3 Å². The van der Waals surface area contributed by atoms with Crippen LogP contribution < -0.4 is 10.1 Å². The molecule has 140 valence electrons. The lowest BCUT2D eigenvalue weighted by Gasteiger charge is -2.23. The number of methoxy groups -OCH3 is 1. The summed E-state index contributed by atoms with van der Waals surface area (Å²) in [5.74, 6) is 1.31. The minimum absolute atomic E-state index is 0.0922. The number of phenolic OH excluding ortho intramolecular Hbond substituents is 1. The predicted octanol–water partition coefficient (Wildman–Crippen LogP) is 3.67. The van der Waals surface area contributed by atoms with Gasteiger partial charge in [-0.3, -0.25) is 4.79 Å². The molecule has 2 aromatic heterocycles. The number of thiazole rings is 1. The standard InChI is InChI=1S/C20H16N4O3S/c1-27-13-5-6-16-17(8-13)28-20(22-16)24-19-15(10-21-24)14(9-18(26)23-19)11-3-2-4-12(25)7-11/h2-8,10,14,25H,9H2,1H3,(H,23,26)/t14-/m1/s1. The number of phenols is 1. The number of carbonyl (C=O) groups excluding carboxylic acids is 1. The summed E-state index contributed by atoms with van der Waals surface area (Å²) in [5, 5.41) is 17.9. The van der Waals surface area contributed by atoms with E-state index in [1.165, 1.54) is 11.3 Å². The van der Waals surface area contributed by atoms with E-state index >= 15 is 0 Å². The van der Waals surface area contributed by atoms with Gasteiger partial charge in [-0.1, -0.05) is 23.5 Å². The molecule has 7 nitrogen and oxygen atoms in total. The Kier molecular flexibility index (Phi) is 3.80. The van der Waals surface area contributed by atoms with Gasteiger partial charge >= 0.3 is 0 Å². The first-order valence-corrected chi connectivity index (χ1v) is 9.55. The molecule has 2 aromatic carbocycles. The number of rotatable bonds is 3. The topological polar surface area (TPSA) is 89.3 Å². The fourth-order valence-corrected chi connectivity index (χ4v) is 4.47. The van der Waals surface area contributed by atoms with Crippen molar-refractivity contribution in [1.29, 1.82) is 0 Å². The Bertz CT molecular complexity index is 1210. The zero-order chi connectivity index (χ0) is 19.3. The first-order valence-electron chi connectivity index (χ1n) is 8.74. The number of ether oxygens (including phenoxy) is 1. The third kappa shape index (κ3) is 2.69. The van der Waals surface area contributed by atoms with Gasteiger partial charge in [-0.05, 0) is 35.9 Å². The first-order chi connectivity index (χ1) is 13.6. The molecule has 1 aliphatic heterocycles. The number of aromatic hydroxyl groups is 1. The molecule has 1 aliphatic rings. The van der Waals surface area contributed by atoms with Crippen LogP contribution in [0.3, 0.4) is 0 Å². The normalized spacial score (nSPS) is 16.0. The number of carbonyl (C=O) groups is 1. The van der Waals surface area contributed by atoms with Gasteiger partial charge in [0, 0.05) is 17.9 Å². The van der Waals surface area contributed by atoms with E-state index in [0.717, 1.165) is 27.1 Å². The van der Waals surface area contributed by atoms with Crippen molar-refractivity contribution in [1.82, 2.24) is 14.8 Å². The minimum atomic E-state index is -0.168. The maximum atomic E-state index is 12.4. The molecule has 4 aromatic rings. The Morgan fingerprint density at radius 2 is 2.18 bits per heavy atom. The Morgan fingerprint density at radius 1 is 1.29 bits per heavy atom. The van der Waals surface area contributed by atoms with Crippen molar-refractivity contribution in [2.45, 2.75) is 12.3 Å². The van der Waals surface area contributed by atoms with E-state index in [-0.39, 0.29) is 17.6 Å². The van der Waals surface area contributed by atoms with Gasteiger partial charge in [-0.2, -0.15) is 9.78 Å². The van der Waals surface area contributed by atoms with Crippen LogP contribution in [0.25, 0.3) is 15.3 Å². The third-order valence-corrected chi connectivity index (χ3v) is 5.85. The molecule has 28 heavy (non-hydrogen) atoms. The maximum absolute atomic E-state index is 12.4. The van der Waals surface area contributed by atoms with Crippen LogP contribution in [0.4, 0.5) is 5.82 Å². The molecule has 1 atom stereocenters. The highest BCUT2D eigenvalue weighted by Crippen LogP contribution is 2.39. The number of hydrogen-bond donors (Lipinski definition) is 2. The van der Waals surface area contributed by atoms with E-state index in [9.17, 15) is 9.90 Å². The summed E-state index contributed by atoms with van der Waals surface area (Å²) in [7, 11) is 1.63. The van der Waals surface area contributed by atoms with Gasteiger partial charge in [0.1, 0.15) is 17.3 Å². The zero-order valence-electron chi connectivity index (χ0n) is 14.9. The highest BCUT2D eigenvalue weighted by molar-refractivity contribution is 7.20. The molecule has 0 unspecified atom stereocenters. The molecule has 5 rings (SSSR count). The number of aromatic nitrogens is 3. The van der Waals surface area contributed by atoms with Crippen molar-refractivity contribution in [2.24, 2.45) is 0 Å². The minimum Gasteiger partial charge on any atom is -0.508 e. The second-order valence-electron chi connectivity index (χ2n) is 6.59. The smallest absolute Gasteiger partial charge is 0.226 e. The van der Waals surface area contributed by atoms with Crippen LogP contribution >= 0.6 is 11.3 Å². The largest absolute Gasteiger partial charge is 0.508 e. The molecule has 1 amide bonds. The van der Waals surface area contributed by atoms with Gasteiger partial charge in [0.2, 0.25) is 11.0 Å². The fourth-order valence-electron chi connectivity index (χ4n) is 3.51. The van der Waals surface area contributed by atoms with Gasteiger partial charge in [-0.25, -0.2) is 4.98 Å². The Balaban J connectivity index is 1.61. The van der Waals surface area contributed by atoms with Crippen molar-refractivity contribution in [2.75, 3.05) is 12.4 Å². The van der Waals surface area contributed by atoms with Crippen LogP contribution in [0, 0.1) is 0 Å². The quantitative estimate of drug-likeness (QED) is 0.555. The van der Waals surface area contributed by atoms with E-state index in [2.05, 4.69) is 15.4 Å². The number of nitrogens with zero attached hydrogens (tertiary/aromatic N) is 3. The number of amides is 1. The van der Waals surface area contributed by atoms with Gasteiger partial charge in [0.25, 0.3) is 0 Å². The van der Waals surface area contributed by atoms with Gasteiger partial charge in [-0.15, -0.1) is 0 Å². The van der Waals surface area contributed by atoms with Crippen LogP contribution in [0.5, 0.6) is 11.5 Å². The summed E-state index contributed by atoms with van der Waals surface area (Å²) in [6, 6.07) is 12.7. The van der Waals surface area contributed by atoms with Gasteiger partial charge in [0.05, 0.1) is 23.5 Å². The number of nitrogens with one attached hydrogen (secondary N) is 1. The average Bonchev–Trinajstić information content (AvgIpc) is 3.30.